The number of rotatable bonds is 6. The van der Waals surface area contributed by atoms with Crippen molar-refractivity contribution in [3.8, 4) is 0 Å². The number of nitrogens with two attached hydrogens (primary N) is 1. The molecule has 24 heavy (non-hydrogen) atoms. The first-order valence-electron chi connectivity index (χ1n) is 8.91. The molecule has 0 bridgehead atoms. The largest absolute Gasteiger partial charge is 0.374 e. The SMILES string of the molecule is NC[C@]1(c2ccccc2)CC[C@H](OC/C=C/c2ccccc2)CC1. The van der Waals surface area contributed by atoms with Crippen molar-refractivity contribution in [3.05, 3.63) is 77.9 Å². The van der Waals surface area contributed by atoms with Gasteiger partial charge >= 0.3 is 0 Å². The summed E-state index contributed by atoms with van der Waals surface area (Å²) in [5.74, 6) is 0. The van der Waals surface area contributed by atoms with E-state index in [4.69, 9.17) is 10.5 Å². The van der Waals surface area contributed by atoms with E-state index in [9.17, 15) is 0 Å². The van der Waals surface area contributed by atoms with Crippen molar-refractivity contribution < 1.29 is 4.74 Å². The molecule has 0 heterocycles. The maximum atomic E-state index is 6.15. The minimum atomic E-state index is 0.140. The Labute approximate surface area is 145 Å². The Morgan fingerprint density at radius 2 is 1.58 bits per heavy atom. The second kappa shape index (κ2) is 8.27. The van der Waals surface area contributed by atoms with Crippen molar-refractivity contribution in [2.24, 2.45) is 5.73 Å². The molecule has 0 aromatic heterocycles. The van der Waals surface area contributed by atoms with Crippen LogP contribution in [-0.4, -0.2) is 19.3 Å². The maximum absolute atomic E-state index is 6.15. The Kier molecular flexibility index (Phi) is 5.84. The van der Waals surface area contributed by atoms with Gasteiger partial charge in [-0.25, -0.2) is 0 Å². The topological polar surface area (TPSA) is 35.2 Å². The predicted octanol–water partition coefficient (Wildman–Crippen LogP) is 4.56. The Bertz CT molecular complexity index is 628. The maximum Gasteiger partial charge on any atom is 0.0654 e. The molecule has 2 aromatic carbocycles. The molecule has 1 saturated carbocycles. The van der Waals surface area contributed by atoms with Crippen molar-refractivity contribution in [1.82, 2.24) is 0 Å². The van der Waals surface area contributed by atoms with E-state index in [1.165, 1.54) is 11.1 Å². The molecule has 1 fully saturated rings. The lowest BCUT2D eigenvalue weighted by atomic mass is 9.69. The van der Waals surface area contributed by atoms with E-state index in [1.54, 1.807) is 0 Å². The molecule has 1 aliphatic carbocycles. The molecule has 0 amide bonds. The van der Waals surface area contributed by atoms with Crippen LogP contribution in [0.5, 0.6) is 0 Å². The van der Waals surface area contributed by atoms with E-state index in [1.807, 2.05) is 6.07 Å². The Morgan fingerprint density at radius 1 is 0.958 bits per heavy atom. The van der Waals surface area contributed by atoms with Gasteiger partial charge in [-0.1, -0.05) is 72.8 Å². The summed E-state index contributed by atoms with van der Waals surface area (Å²) in [5.41, 5.74) is 8.89. The van der Waals surface area contributed by atoms with E-state index in [0.29, 0.717) is 12.7 Å². The lowest BCUT2D eigenvalue weighted by Gasteiger charge is -2.39. The lowest BCUT2D eigenvalue weighted by molar-refractivity contribution is 0.0290. The third kappa shape index (κ3) is 4.14. The standard InChI is InChI=1S/C22H27NO/c23-18-22(20-11-5-2-6-12-20)15-13-21(14-16-22)24-17-7-10-19-8-3-1-4-9-19/h1-12,21H,13-18,23H2/b10-7+/t21-,22-. The number of hydrogen-bond acceptors (Lipinski definition) is 2. The molecule has 1 aliphatic rings. The average molecular weight is 321 g/mol. The van der Waals surface area contributed by atoms with Crippen molar-refractivity contribution in [2.45, 2.75) is 37.2 Å². The van der Waals surface area contributed by atoms with Crippen molar-refractivity contribution >= 4 is 6.08 Å². The van der Waals surface area contributed by atoms with E-state index >= 15 is 0 Å². The molecule has 0 spiro atoms. The summed E-state index contributed by atoms with van der Waals surface area (Å²) < 4.78 is 6.05. The van der Waals surface area contributed by atoms with Gasteiger partial charge in [0.2, 0.25) is 0 Å². The van der Waals surface area contributed by atoms with Crippen LogP contribution >= 0.6 is 0 Å². The molecular formula is C22H27NO. The highest BCUT2D eigenvalue weighted by atomic mass is 16.5. The van der Waals surface area contributed by atoms with Gasteiger partial charge in [0.05, 0.1) is 12.7 Å². The normalized spacial score (nSPS) is 24.3. The summed E-state index contributed by atoms with van der Waals surface area (Å²) in [6, 6.07) is 21.1. The second-order valence-electron chi connectivity index (χ2n) is 6.70. The highest BCUT2D eigenvalue weighted by molar-refractivity contribution is 5.48. The van der Waals surface area contributed by atoms with Crippen LogP contribution in [0.3, 0.4) is 0 Å². The Balaban J connectivity index is 1.49. The van der Waals surface area contributed by atoms with Gasteiger partial charge in [0.15, 0.2) is 0 Å². The van der Waals surface area contributed by atoms with Crippen LogP contribution in [0.4, 0.5) is 0 Å². The highest BCUT2D eigenvalue weighted by Crippen LogP contribution is 2.39. The molecule has 2 aromatic rings. The minimum Gasteiger partial charge on any atom is -0.374 e. The highest BCUT2D eigenvalue weighted by Gasteiger charge is 2.35. The van der Waals surface area contributed by atoms with Gasteiger partial charge in [0, 0.05) is 12.0 Å². The van der Waals surface area contributed by atoms with Crippen molar-refractivity contribution in [3.63, 3.8) is 0 Å². The second-order valence-corrected chi connectivity index (χ2v) is 6.70. The van der Waals surface area contributed by atoms with Crippen LogP contribution < -0.4 is 5.73 Å². The van der Waals surface area contributed by atoms with Gasteiger partial charge in [0.25, 0.3) is 0 Å². The monoisotopic (exact) mass is 321 g/mol. The molecule has 0 atom stereocenters. The van der Waals surface area contributed by atoms with Gasteiger partial charge in [-0.15, -0.1) is 0 Å². The molecule has 0 unspecified atom stereocenters. The minimum absolute atomic E-state index is 0.140. The Hall–Kier alpha value is -1.90. The third-order valence-corrected chi connectivity index (χ3v) is 5.20. The van der Waals surface area contributed by atoms with Crippen LogP contribution in [0.25, 0.3) is 6.08 Å². The molecule has 0 aliphatic heterocycles. The van der Waals surface area contributed by atoms with E-state index in [0.717, 1.165) is 32.2 Å². The van der Waals surface area contributed by atoms with Crippen LogP contribution in [0, 0.1) is 0 Å². The summed E-state index contributed by atoms with van der Waals surface area (Å²) in [4.78, 5) is 0. The number of hydrogen-bond donors (Lipinski definition) is 1. The summed E-state index contributed by atoms with van der Waals surface area (Å²) in [6.45, 7) is 1.40. The van der Waals surface area contributed by atoms with Crippen LogP contribution in [0.2, 0.25) is 0 Å². The van der Waals surface area contributed by atoms with Crippen molar-refractivity contribution in [2.75, 3.05) is 13.2 Å². The zero-order chi connectivity index (χ0) is 16.7. The van der Waals surface area contributed by atoms with Gasteiger partial charge in [-0.3, -0.25) is 0 Å². The summed E-state index contributed by atoms with van der Waals surface area (Å²) in [6.07, 6.45) is 8.99. The van der Waals surface area contributed by atoms with Gasteiger partial charge in [0.1, 0.15) is 0 Å². The lowest BCUT2D eigenvalue weighted by Crippen LogP contribution is -2.40. The molecule has 2 N–H and O–H groups in total. The van der Waals surface area contributed by atoms with Gasteiger partial charge < -0.3 is 10.5 Å². The quantitative estimate of drug-likeness (QED) is 0.847. The first kappa shape index (κ1) is 16.9. The molecule has 2 nitrogen and oxygen atoms in total. The zero-order valence-corrected chi connectivity index (χ0v) is 14.2. The molecule has 2 heteroatoms. The summed E-state index contributed by atoms with van der Waals surface area (Å²) in [5, 5.41) is 0. The third-order valence-electron chi connectivity index (χ3n) is 5.20. The van der Waals surface area contributed by atoms with Gasteiger partial charge in [-0.2, -0.15) is 0 Å². The van der Waals surface area contributed by atoms with E-state index < -0.39 is 0 Å². The first-order chi connectivity index (χ1) is 11.8. The molecule has 0 radical (unpaired) electrons. The van der Waals surface area contributed by atoms with Crippen molar-refractivity contribution in [1.29, 1.82) is 0 Å². The number of benzene rings is 2. The zero-order valence-electron chi connectivity index (χ0n) is 14.2. The summed E-state index contributed by atoms with van der Waals surface area (Å²) in [7, 11) is 0. The average Bonchev–Trinajstić information content (AvgIpc) is 2.67. The molecular weight excluding hydrogens is 294 g/mol. The fourth-order valence-electron chi connectivity index (χ4n) is 3.65. The van der Waals surface area contributed by atoms with Crippen LogP contribution in [-0.2, 0) is 10.2 Å². The smallest absolute Gasteiger partial charge is 0.0654 e. The first-order valence-corrected chi connectivity index (χ1v) is 8.91. The van der Waals surface area contributed by atoms with Crippen LogP contribution in [0.1, 0.15) is 36.8 Å². The Morgan fingerprint density at radius 3 is 2.21 bits per heavy atom. The number of ether oxygens (including phenoxy) is 1. The summed E-state index contributed by atoms with van der Waals surface area (Å²) >= 11 is 0. The fourth-order valence-corrected chi connectivity index (χ4v) is 3.65. The molecule has 126 valence electrons. The molecule has 3 rings (SSSR count). The van der Waals surface area contributed by atoms with Gasteiger partial charge in [-0.05, 0) is 36.8 Å². The van der Waals surface area contributed by atoms with E-state index in [2.05, 4.69) is 66.7 Å². The van der Waals surface area contributed by atoms with Crippen LogP contribution in [0.15, 0.2) is 66.7 Å². The molecule has 0 saturated heterocycles. The fraction of sp³-hybridized carbons (Fsp3) is 0.364. The van der Waals surface area contributed by atoms with E-state index in [-0.39, 0.29) is 5.41 Å². The predicted molar refractivity (Wildman–Crippen MR) is 101 cm³/mol.